The predicted octanol–water partition coefficient (Wildman–Crippen LogP) is 2.91. The number of nitrogens with zero attached hydrogens (tertiary/aromatic N) is 1. The lowest BCUT2D eigenvalue weighted by Crippen LogP contribution is -2.33. The van der Waals surface area contributed by atoms with Crippen LogP contribution in [0, 0.1) is 6.92 Å². The van der Waals surface area contributed by atoms with Gasteiger partial charge in [0.1, 0.15) is 11.1 Å². The average Bonchev–Trinajstić information content (AvgIpc) is 3.17. The van der Waals surface area contributed by atoms with Gasteiger partial charge in [0.05, 0.1) is 12.2 Å². The van der Waals surface area contributed by atoms with Gasteiger partial charge in [-0.05, 0) is 25.3 Å². The quantitative estimate of drug-likeness (QED) is 0.945. The van der Waals surface area contributed by atoms with Gasteiger partial charge in [0.15, 0.2) is 0 Å². The van der Waals surface area contributed by atoms with Crippen LogP contribution in [0.2, 0.25) is 0 Å². The molecule has 0 radical (unpaired) electrons. The highest BCUT2D eigenvalue weighted by molar-refractivity contribution is 7.13. The van der Waals surface area contributed by atoms with Crippen molar-refractivity contribution in [2.75, 3.05) is 6.61 Å². The molecule has 21 heavy (non-hydrogen) atoms. The fraction of sp³-hybridized carbons (Fsp3) is 0.375. The average molecular weight is 302 g/mol. The van der Waals surface area contributed by atoms with E-state index in [2.05, 4.69) is 29.4 Å². The second-order valence-corrected chi connectivity index (χ2v) is 6.04. The number of carbonyl (C=O) groups is 1. The molecular weight excluding hydrogens is 284 g/mol. The van der Waals surface area contributed by atoms with Crippen LogP contribution >= 0.6 is 11.3 Å². The number of aryl methyl sites for hydroxylation is 1. The molecule has 0 aliphatic carbocycles. The summed E-state index contributed by atoms with van der Waals surface area (Å²) in [7, 11) is 0. The van der Waals surface area contributed by atoms with Gasteiger partial charge < -0.3 is 10.1 Å². The summed E-state index contributed by atoms with van der Waals surface area (Å²) in [5.74, 6) is -0.0297. The smallest absolute Gasteiger partial charge is 0.249 e. The second-order valence-electron chi connectivity index (χ2n) is 5.18. The van der Waals surface area contributed by atoms with Gasteiger partial charge in [-0.2, -0.15) is 0 Å². The SMILES string of the molecule is Cc1ccccc1-c1nc(CNC(=O)C2CCCO2)cs1. The minimum atomic E-state index is -0.278. The van der Waals surface area contributed by atoms with Crippen LogP contribution in [0.5, 0.6) is 0 Å². The van der Waals surface area contributed by atoms with Gasteiger partial charge in [0.2, 0.25) is 5.91 Å². The van der Waals surface area contributed by atoms with Crippen molar-refractivity contribution >= 4 is 17.2 Å². The Morgan fingerprint density at radius 1 is 1.48 bits per heavy atom. The van der Waals surface area contributed by atoms with Gasteiger partial charge in [-0.3, -0.25) is 4.79 Å². The second kappa shape index (κ2) is 6.37. The van der Waals surface area contributed by atoms with Gasteiger partial charge in [0.25, 0.3) is 0 Å². The van der Waals surface area contributed by atoms with E-state index in [4.69, 9.17) is 4.74 Å². The summed E-state index contributed by atoms with van der Waals surface area (Å²) in [5.41, 5.74) is 3.26. The third-order valence-electron chi connectivity index (χ3n) is 3.59. The van der Waals surface area contributed by atoms with Crippen molar-refractivity contribution < 1.29 is 9.53 Å². The number of ether oxygens (including phenoxy) is 1. The van der Waals surface area contributed by atoms with E-state index < -0.39 is 0 Å². The third-order valence-corrected chi connectivity index (χ3v) is 4.52. The fourth-order valence-electron chi connectivity index (χ4n) is 2.40. The molecular formula is C16H18N2O2S. The van der Waals surface area contributed by atoms with Crippen molar-refractivity contribution in [3.05, 3.63) is 40.9 Å². The van der Waals surface area contributed by atoms with Gasteiger partial charge >= 0.3 is 0 Å². The highest BCUT2D eigenvalue weighted by atomic mass is 32.1. The molecule has 0 bridgehead atoms. The Morgan fingerprint density at radius 2 is 2.33 bits per heavy atom. The summed E-state index contributed by atoms with van der Waals surface area (Å²) in [6.07, 6.45) is 1.50. The van der Waals surface area contributed by atoms with Crippen molar-refractivity contribution in [2.45, 2.75) is 32.4 Å². The van der Waals surface area contributed by atoms with E-state index in [1.165, 1.54) is 5.56 Å². The molecule has 1 saturated heterocycles. The lowest BCUT2D eigenvalue weighted by Gasteiger charge is -2.08. The van der Waals surface area contributed by atoms with Crippen LogP contribution in [0.4, 0.5) is 0 Å². The molecule has 2 aromatic rings. The number of thiazole rings is 1. The minimum absolute atomic E-state index is 0.0297. The van der Waals surface area contributed by atoms with Crippen molar-refractivity contribution in [2.24, 2.45) is 0 Å². The van der Waals surface area contributed by atoms with Crippen LogP contribution in [0.3, 0.4) is 0 Å². The molecule has 4 nitrogen and oxygen atoms in total. The van der Waals surface area contributed by atoms with Crippen LogP contribution < -0.4 is 5.32 Å². The molecule has 1 aromatic carbocycles. The maximum absolute atomic E-state index is 11.9. The molecule has 1 aliphatic heterocycles. The molecule has 110 valence electrons. The fourth-order valence-corrected chi connectivity index (χ4v) is 3.31. The van der Waals surface area contributed by atoms with E-state index in [0.29, 0.717) is 13.2 Å². The molecule has 1 aromatic heterocycles. The van der Waals surface area contributed by atoms with E-state index in [0.717, 1.165) is 29.1 Å². The molecule has 5 heteroatoms. The number of benzene rings is 1. The zero-order valence-electron chi connectivity index (χ0n) is 12.0. The monoisotopic (exact) mass is 302 g/mol. The van der Waals surface area contributed by atoms with Crippen LogP contribution in [0.1, 0.15) is 24.1 Å². The van der Waals surface area contributed by atoms with Crippen molar-refractivity contribution in [3.8, 4) is 10.6 Å². The van der Waals surface area contributed by atoms with Crippen LogP contribution in [-0.4, -0.2) is 23.6 Å². The van der Waals surface area contributed by atoms with Gasteiger partial charge in [0, 0.05) is 17.6 Å². The summed E-state index contributed by atoms with van der Waals surface area (Å²) in [6, 6.07) is 8.19. The number of aromatic nitrogens is 1. The molecule has 1 atom stereocenters. The Morgan fingerprint density at radius 3 is 3.10 bits per heavy atom. The zero-order valence-corrected chi connectivity index (χ0v) is 12.8. The normalized spacial score (nSPS) is 17.9. The lowest BCUT2D eigenvalue weighted by atomic mass is 10.1. The van der Waals surface area contributed by atoms with Crippen LogP contribution in [-0.2, 0) is 16.1 Å². The van der Waals surface area contributed by atoms with Crippen molar-refractivity contribution in [1.82, 2.24) is 10.3 Å². The highest BCUT2D eigenvalue weighted by Gasteiger charge is 2.23. The van der Waals surface area contributed by atoms with Gasteiger partial charge in [-0.1, -0.05) is 24.3 Å². The number of amides is 1. The van der Waals surface area contributed by atoms with Crippen LogP contribution in [0.15, 0.2) is 29.6 Å². The maximum Gasteiger partial charge on any atom is 0.249 e. The lowest BCUT2D eigenvalue weighted by molar-refractivity contribution is -0.130. The highest BCUT2D eigenvalue weighted by Crippen LogP contribution is 2.26. The standard InChI is InChI=1S/C16H18N2O2S/c1-11-5-2-3-6-13(11)16-18-12(10-21-16)9-17-15(19)14-7-4-8-20-14/h2-3,5-6,10,14H,4,7-9H2,1H3,(H,17,19). The van der Waals surface area contributed by atoms with Crippen molar-refractivity contribution in [1.29, 1.82) is 0 Å². The summed E-state index contributed by atoms with van der Waals surface area (Å²) in [5, 5.41) is 5.89. The van der Waals surface area contributed by atoms with E-state index in [-0.39, 0.29) is 12.0 Å². The van der Waals surface area contributed by atoms with Gasteiger partial charge in [-0.15, -0.1) is 11.3 Å². The number of nitrogens with one attached hydrogen (secondary N) is 1. The summed E-state index contributed by atoms with van der Waals surface area (Å²) in [6.45, 7) is 3.23. The molecule has 1 amide bonds. The number of hydrogen-bond acceptors (Lipinski definition) is 4. The molecule has 2 heterocycles. The Kier molecular flexibility index (Phi) is 4.31. The molecule has 1 N–H and O–H groups in total. The topological polar surface area (TPSA) is 51.2 Å². The Balaban J connectivity index is 1.63. The van der Waals surface area contributed by atoms with E-state index in [9.17, 15) is 4.79 Å². The Hall–Kier alpha value is -1.72. The molecule has 0 saturated carbocycles. The summed E-state index contributed by atoms with van der Waals surface area (Å²) < 4.78 is 5.36. The predicted molar refractivity (Wildman–Crippen MR) is 83.1 cm³/mol. The largest absolute Gasteiger partial charge is 0.368 e. The first kappa shape index (κ1) is 14.2. The number of rotatable bonds is 4. The van der Waals surface area contributed by atoms with E-state index in [1.807, 2.05) is 17.5 Å². The minimum Gasteiger partial charge on any atom is -0.368 e. The zero-order chi connectivity index (χ0) is 14.7. The molecule has 1 fully saturated rings. The summed E-state index contributed by atoms with van der Waals surface area (Å²) in [4.78, 5) is 16.5. The van der Waals surface area contributed by atoms with Crippen molar-refractivity contribution in [3.63, 3.8) is 0 Å². The number of carbonyl (C=O) groups excluding carboxylic acids is 1. The first-order chi connectivity index (χ1) is 10.2. The molecule has 1 unspecified atom stereocenters. The third kappa shape index (κ3) is 3.31. The van der Waals surface area contributed by atoms with E-state index in [1.54, 1.807) is 11.3 Å². The number of hydrogen-bond donors (Lipinski definition) is 1. The first-order valence-corrected chi connectivity index (χ1v) is 8.02. The molecule has 1 aliphatic rings. The Labute approximate surface area is 128 Å². The van der Waals surface area contributed by atoms with E-state index >= 15 is 0 Å². The molecule has 0 spiro atoms. The van der Waals surface area contributed by atoms with Crippen LogP contribution in [0.25, 0.3) is 10.6 Å². The summed E-state index contributed by atoms with van der Waals surface area (Å²) >= 11 is 1.61. The van der Waals surface area contributed by atoms with Gasteiger partial charge in [-0.25, -0.2) is 4.98 Å². The molecule has 3 rings (SSSR count). The Bertz CT molecular complexity index is 633. The first-order valence-electron chi connectivity index (χ1n) is 7.14. The maximum atomic E-state index is 11.9.